The Morgan fingerprint density at radius 3 is 2.41 bits per heavy atom. The summed E-state index contributed by atoms with van der Waals surface area (Å²) in [5.74, 6) is 0.675. The zero-order chi connectivity index (χ0) is 12.6. The van der Waals surface area contributed by atoms with Gasteiger partial charge in [-0.15, -0.1) is 0 Å². The summed E-state index contributed by atoms with van der Waals surface area (Å²) in [5.41, 5.74) is 8.14. The second-order valence-corrected chi connectivity index (χ2v) is 6.00. The van der Waals surface area contributed by atoms with E-state index in [-0.39, 0.29) is 6.04 Å². The maximum atomic E-state index is 6.02. The number of benzene rings is 1. The molecular weight excluding hydrogens is 393 g/mol. The van der Waals surface area contributed by atoms with Crippen molar-refractivity contribution in [1.29, 1.82) is 0 Å². The number of aromatic nitrogens is 2. The molecule has 1 atom stereocenters. The van der Waals surface area contributed by atoms with Crippen LogP contribution in [0.2, 0.25) is 0 Å². The van der Waals surface area contributed by atoms with E-state index >= 15 is 0 Å². The van der Waals surface area contributed by atoms with Gasteiger partial charge in [0.25, 0.3) is 0 Å². The maximum Gasteiger partial charge on any atom is 0.137 e. The van der Waals surface area contributed by atoms with Gasteiger partial charge in [0.1, 0.15) is 5.82 Å². The van der Waals surface area contributed by atoms with Crippen molar-refractivity contribution in [3.05, 3.63) is 43.6 Å². The van der Waals surface area contributed by atoms with Crippen molar-refractivity contribution in [2.75, 3.05) is 5.73 Å². The van der Waals surface area contributed by atoms with Gasteiger partial charge in [0.15, 0.2) is 0 Å². The van der Waals surface area contributed by atoms with Crippen LogP contribution in [-0.2, 0) is 0 Å². The normalized spacial score (nSPS) is 12.7. The third-order valence-electron chi connectivity index (χ3n) is 2.77. The molecule has 0 fully saturated rings. The Balaban J connectivity index is 2.40. The lowest BCUT2D eigenvalue weighted by atomic mass is 10.1. The van der Waals surface area contributed by atoms with Crippen molar-refractivity contribution < 1.29 is 0 Å². The van der Waals surface area contributed by atoms with Gasteiger partial charge in [-0.05, 0) is 70.1 Å². The zero-order valence-electron chi connectivity index (χ0n) is 9.61. The number of hydrogen-bond acceptors (Lipinski definition) is 2. The van der Waals surface area contributed by atoms with E-state index < -0.39 is 0 Å². The van der Waals surface area contributed by atoms with Crippen molar-refractivity contribution in [3.63, 3.8) is 0 Å². The van der Waals surface area contributed by atoms with Crippen LogP contribution in [-0.4, -0.2) is 9.78 Å². The van der Waals surface area contributed by atoms with Gasteiger partial charge >= 0.3 is 0 Å². The number of nitrogens with two attached hydrogens (primary N) is 1. The molecule has 0 amide bonds. The fraction of sp³-hybridized carbons (Fsp3) is 0.250. The summed E-state index contributed by atoms with van der Waals surface area (Å²) in [6, 6.07) is 8.53. The first-order chi connectivity index (χ1) is 8.00. The lowest BCUT2D eigenvalue weighted by Gasteiger charge is -2.14. The maximum absolute atomic E-state index is 6.02. The number of anilines is 1. The molecule has 1 aromatic heterocycles. The van der Waals surface area contributed by atoms with E-state index in [1.54, 1.807) is 0 Å². The third kappa shape index (κ3) is 2.49. The molecule has 17 heavy (non-hydrogen) atoms. The molecule has 5 heteroatoms. The highest BCUT2D eigenvalue weighted by Crippen LogP contribution is 2.28. The molecule has 0 saturated heterocycles. The van der Waals surface area contributed by atoms with Crippen LogP contribution < -0.4 is 5.73 Å². The molecule has 1 unspecified atom stereocenters. The van der Waals surface area contributed by atoms with Gasteiger partial charge < -0.3 is 5.73 Å². The summed E-state index contributed by atoms with van der Waals surface area (Å²) in [6.07, 6.45) is 0. The lowest BCUT2D eigenvalue weighted by molar-refractivity contribution is 0.569. The Bertz CT molecular complexity index is 533. The number of hydrogen-bond donors (Lipinski definition) is 1. The largest absolute Gasteiger partial charge is 0.383 e. The van der Waals surface area contributed by atoms with Crippen molar-refractivity contribution in [2.24, 2.45) is 0 Å². The van der Waals surface area contributed by atoms with Crippen LogP contribution in [0.1, 0.15) is 24.2 Å². The molecule has 2 rings (SSSR count). The zero-order valence-corrected chi connectivity index (χ0v) is 13.4. The van der Waals surface area contributed by atoms with Gasteiger partial charge in [0.2, 0.25) is 0 Å². The number of halogens is 2. The first kappa shape index (κ1) is 12.9. The molecule has 1 heterocycles. The van der Waals surface area contributed by atoms with E-state index in [1.165, 1.54) is 9.13 Å². The number of rotatable bonds is 2. The fourth-order valence-electron chi connectivity index (χ4n) is 1.72. The SMILES string of the molecule is Cc1nn(C(C)c2ccc(I)cc2)c(N)c1Br. The van der Waals surface area contributed by atoms with Gasteiger partial charge in [0.05, 0.1) is 16.2 Å². The highest BCUT2D eigenvalue weighted by molar-refractivity contribution is 14.1. The molecule has 0 saturated carbocycles. The Kier molecular flexibility index (Phi) is 3.77. The summed E-state index contributed by atoms with van der Waals surface area (Å²) in [4.78, 5) is 0. The molecule has 0 aliphatic rings. The Morgan fingerprint density at radius 1 is 1.35 bits per heavy atom. The summed E-state index contributed by atoms with van der Waals surface area (Å²) in [6.45, 7) is 4.04. The first-order valence-electron chi connectivity index (χ1n) is 5.26. The van der Waals surface area contributed by atoms with Crippen molar-refractivity contribution in [1.82, 2.24) is 9.78 Å². The summed E-state index contributed by atoms with van der Waals surface area (Å²) < 4.78 is 3.96. The average Bonchev–Trinajstić information content (AvgIpc) is 2.57. The van der Waals surface area contributed by atoms with E-state index in [2.05, 4.69) is 74.8 Å². The molecule has 2 N–H and O–H groups in total. The number of nitrogen functional groups attached to an aromatic ring is 1. The van der Waals surface area contributed by atoms with Crippen LogP contribution in [0.25, 0.3) is 0 Å². The minimum Gasteiger partial charge on any atom is -0.383 e. The van der Waals surface area contributed by atoms with Crippen molar-refractivity contribution >= 4 is 44.3 Å². The van der Waals surface area contributed by atoms with E-state index in [4.69, 9.17) is 5.73 Å². The molecular formula is C12H13BrIN3. The Hall–Kier alpha value is -0.560. The van der Waals surface area contributed by atoms with E-state index in [1.807, 2.05) is 11.6 Å². The Morgan fingerprint density at radius 2 is 1.94 bits per heavy atom. The van der Waals surface area contributed by atoms with Crippen LogP contribution in [0.4, 0.5) is 5.82 Å². The molecule has 0 aliphatic carbocycles. The molecule has 2 aromatic rings. The monoisotopic (exact) mass is 405 g/mol. The van der Waals surface area contributed by atoms with E-state index in [0.717, 1.165) is 10.2 Å². The quantitative estimate of drug-likeness (QED) is 0.773. The lowest BCUT2D eigenvalue weighted by Crippen LogP contribution is -2.11. The fourth-order valence-corrected chi connectivity index (χ4v) is 2.34. The second-order valence-electron chi connectivity index (χ2n) is 3.96. The third-order valence-corrected chi connectivity index (χ3v) is 4.47. The minimum atomic E-state index is 0.136. The molecule has 0 spiro atoms. The topological polar surface area (TPSA) is 43.8 Å². The van der Waals surface area contributed by atoms with Crippen LogP contribution in [0, 0.1) is 10.5 Å². The van der Waals surface area contributed by atoms with Gasteiger partial charge in [-0.1, -0.05) is 12.1 Å². The van der Waals surface area contributed by atoms with Crippen LogP contribution >= 0.6 is 38.5 Å². The minimum absolute atomic E-state index is 0.136. The molecule has 1 aromatic carbocycles. The van der Waals surface area contributed by atoms with Gasteiger partial charge in [-0.25, -0.2) is 4.68 Å². The van der Waals surface area contributed by atoms with Gasteiger partial charge in [-0.3, -0.25) is 0 Å². The molecule has 0 aliphatic heterocycles. The highest BCUT2D eigenvalue weighted by Gasteiger charge is 2.16. The summed E-state index contributed by atoms with van der Waals surface area (Å²) >= 11 is 5.74. The van der Waals surface area contributed by atoms with Crippen molar-refractivity contribution in [3.8, 4) is 0 Å². The number of nitrogens with zero attached hydrogens (tertiary/aromatic N) is 2. The van der Waals surface area contributed by atoms with Crippen molar-refractivity contribution in [2.45, 2.75) is 19.9 Å². The second kappa shape index (κ2) is 4.97. The smallest absolute Gasteiger partial charge is 0.137 e. The molecule has 90 valence electrons. The van der Waals surface area contributed by atoms with Crippen LogP contribution in [0.3, 0.4) is 0 Å². The van der Waals surface area contributed by atoms with E-state index in [9.17, 15) is 0 Å². The summed E-state index contributed by atoms with van der Waals surface area (Å²) in [7, 11) is 0. The van der Waals surface area contributed by atoms with Crippen LogP contribution in [0.5, 0.6) is 0 Å². The predicted molar refractivity (Wildman–Crippen MR) is 82.0 cm³/mol. The molecule has 0 bridgehead atoms. The highest BCUT2D eigenvalue weighted by atomic mass is 127. The molecule has 0 radical (unpaired) electrons. The van der Waals surface area contributed by atoms with E-state index in [0.29, 0.717) is 5.82 Å². The predicted octanol–water partition coefficient (Wildman–Crippen LogP) is 3.75. The standard InChI is InChI=1S/C12H13BrIN3/c1-7-11(13)12(15)17(16-7)8(2)9-3-5-10(14)6-4-9/h3-6,8H,15H2,1-2H3. The Labute approximate surface area is 123 Å². The van der Waals surface area contributed by atoms with Gasteiger partial charge in [-0.2, -0.15) is 5.10 Å². The van der Waals surface area contributed by atoms with Gasteiger partial charge in [0, 0.05) is 3.57 Å². The summed E-state index contributed by atoms with van der Waals surface area (Å²) in [5, 5.41) is 4.45. The first-order valence-corrected chi connectivity index (χ1v) is 7.13. The average molecular weight is 406 g/mol. The number of aryl methyl sites for hydroxylation is 1. The van der Waals surface area contributed by atoms with Crippen LogP contribution in [0.15, 0.2) is 28.7 Å². The molecule has 3 nitrogen and oxygen atoms in total.